The van der Waals surface area contributed by atoms with Gasteiger partial charge in [-0.05, 0) is 47.9 Å². The molecule has 0 atom stereocenters. The van der Waals surface area contributed by atoms with Crippen LogP contribution in [0.2, 0.25) is 4.34 Å². The minimum Gasteiger partial charge on any atom is -0.475 e. The SMILES string of the molecule is O=C(O)C(=O)Cn1c(-c2cc(NCc3ccc(Cl)s3)n(C(=O)c3ccns3)n2)ccc(-c2cccnc2)c1=O. The number of nitrogens with one attached hydrogen (secondary N) is 1. The first kappa shape index (κ1) is 26.2. The minimum absolute atomic E-state index is 0.153. The van der Waals surface area contributed by atoms with Crippen molar-refractivity contribution in [3.05, 3.63) is 91.6 Å². The number of carboxylic acid groups (broad SMARTS) is 1. The molecule has 0 aliphatic carbocycles. The van der Waals surface area contributed by atoms with Gasteiger partial charge in [0.15, 0.2) is 0 Å². The lowest BCUT2D eigenvalue weighted by atomic mass is 10.1. The van der Waals surface area contributed by atoms with Gasteiger partial charge in [0.05, 0.1) is 23.1 Å². The summed E-state index contributed by atoms with van der Waals surface area (Å²) in [7, 11) is 0. The van der Waals surface area contributed by atoms with E-state index in [1.165, 1.54) is 23.7 Å². The van der Waals surface area contributed by atoms with Crippen LogP contribution in [0.1, 0.15) is 14.5 Å². The van der Waals surface area contributed by atoms with Crippen LogP contribution in [-0.2, 0) is 22.7 Å². The number of hydrogen-bond donors (Lipinski definition) is 2. The highest BCUT2D eigenvalue weighted by atomic mass is 35.5. The number of Topliss-reactive ketones (excluding diaryl/α,β-unsaturated/α-hetero) is 1. The van der Waals surface area contributed by atoms with Gasteiger partial charge in [-0.2, -0.15) is 9.78 Å². The summed E-state index contributed by atoms with van der Waals surface area (Å²) in [5.74, 6) is -3.01. The Morgan fingerprint density at radius 2 is 1.92 bits per heavy atom. The highest BCUT2D eigenvalue weighted by Gasteiger charge is 2.23. The molecule has 2 N–H and O–H groups in total. The lowest BCUT2D eigenvalue weighted by Gasteiger charge is -2.12. The molecule has 0 spiro atoms. The number of thiophene rings is 1. The largest absolute Gasteiger partial charge is 0.475 e. The van der Waals surface area contributed by atoms with Crippen LogP contribution in [0.4, 0.5) is 5.82 Å². The van der Waals surface area contributed by atoms with E-state index in [0.29, 0.717) is 27.1 Å². The van der Waals surface area contributed by atoms with Crippen molar-refractivity contribution in [2.75, 3.05) is 5.32 Å². The Balaban J connectivity index is 1.62. The maximum Gasteiger partial charge on any atom is 0.374 e. The first-order valence-corrected chi connectivity index (χ1v) is 13.2. The Morgan fingerprint density at radius 3 is 2.59 bits per heavy atom. The average molecular weight is 581 g/mol. The first-order chi connectivity index (χ1) is 18.8. The van der Waals surface area contributed by atoms with Gasteiger partial charge in [-0.15, -0.1) is 11.3 Å². The normalized spacial score (nSPS) is 10.9. The third kappa shape index (κ3) is 5.55. The van der Waals surface area contributed by atoms with Gasteiger partial charge in [0.25, 0.3) is 17.2 Å². The molecular weight excluding hydrogens is 564 g/mol. The number of aliphatic carboxylic acids is 1. The van der Waals surface area contributed by atoms with Crippen molar-refractivity contribution in [3.63, 3.8) is 0 Å². The highest BCUT2D eigenvalue weighted by molar-refractivity contribution is 7.16. The van der Waals surface area contributed by atoms with E-state index in [-0.39, 0.29) is 17.0 Å². The second-order valence-electron chi connectivity index (χ2n) is 8.06. The summed E-state index contributed by atoms with van der Waals surface area (Å²) in [5, 5.41) is 16.8. The molecule has 0 aliphatic heterocycles. The molecule has 0 saturated heterocycles. The van der Waals surface area contributed by atoms with Crippen molar-refractivity contribution < 1.29 is 19.5 Å². The first-order valence-electron chi connectivity index (χ1n) is 11.3. The molecule has 0 aromatic carbocycles. The van der Waals surface area contributed by atoms with Crippen molar-refractivity contribution in [3.8, 4) is 22.5 Å². The van der Waals surface area contributed by atoms with Gasteiger partial charge in [0.1, 0.15) is 16.4 Å². The summed E-state index contributed by atoms with van der Waals surface area (Å²) in [5.41, 5.74) is 0.431. The van der Waals surface area contributed by atoms with Gasteiger partial charge >= 0.3 is 5.97 Å². The molecule has 0 amide bonds. The van der Waals surface area contributed by atoms with Crippen LogP contribution >= 0.6 is 34.5 Å². The van der Waals surface area contributed by atoms with Crippen molar-refractivity contribution in [2.24, 2.45) is 0 Å². The molecule has 0 aliphatic rings. The average Bonchev–Trinajstić information content (AvgIpc) is 3.70. The van der Waals surface area contributed by atoms with Gasteiger partial charge in [0, 0.05) is 40.7 Å². The smallest absolute Gasteiger partial charge is 0.374 e. The monoisotopic (exact) mass is 580 g/mol. The van der Waals surface area contributed by atoms with Gasteiger partial charge in [-0.1, -0.05) is 17.7 Å². The molecule has 11 nitrogen and oxygen atoms in total. The zero-order valence-corrected chi connectivity index (χ0v) is 22.2. The Morgan fingerprint density at radius 1 is 1.08 bits per heavy atom. The summed E-state index contributed by atoms with van der Waals surface area (Å²) in [6, 6.07) is 13.1. The number of carboxylic acids is 1. The van der Waals surface area contributed by atoms with E-state index in [1.807, 2.05) is 6.07 Å². The molecule has 14 heteroatoms. The number of carbonyl (C=O) groups excluding carboxylic acids is 2. The molecule has 0 fully saturated rings. The van der Waals surface area contributed by atoms with Crippen LogP contribution in [0.25, 0.3) is 22.5 Å². The van der Waals surface area contributed by atoms with E-state index in [4.69, 9.17) is 11.6 Å². The van der Waals surface area contributed by atoms with Gasteiger partial charge < -0.3 is 10.4 Å². The predicted octanol–water partition coefficient (Wildman–Crippen LogP) is 3.90. The number of pyridine rings is 2. The maximum atomic E-state index is 13.5. The van der Waals surface area contributed by atoms with Crippen LogP contribution in [0.3, 0.4) is 0 Å². The molecule has 0 radical (unpaired) electrons. The number of carbonyl (C=O) groups is 3. The summed E-state index contributed by atoms with van der Waals surface area (Å²) < 4.78 is 6.76. The van der Waals surface area contributed by atoms with Gasteiger partial charge in [-0.25, -0.2) is 9.17 Å². The van der Waals surface area contributed by atoms with Gasteiger partial charge in [0.2, 0.25) is 0 Å². The van der Waals surface area contributed by atoms with Crippen molar-refractivity contribution in [1.29, 1.82) is 0 Å². The third-order valence-electron chi connectivity index (χ3n) is 5.57. The summed E-state index contributed by atoms with van der Waals surface area (Å²) in [4.78, 5) is 55.6. The quantitative estimate of drug-likeness (QED) is 0.247. The number of halogens is 1. The second-order valence-corrected chi connectivity index (χ2v) is 10.7. The summed E-state index contributed by atoms with van der Waals surface area (Å²) >= 11 is 8.41. The topological polar surface area (TPSA) is 149 Å². The number of aromatic nitrogens is 5. The Hall–Kier alpha value is -4.46. The lowest BCUT2D eigenvalue weighted by molar-refractivity contribution is -0.149. The Labute approximate surface area is 233 Å². The molecule has 0 saturated carbocycles. The van der Waals surface area contributed by atoms with Crippen molar-refractivity contribution in [1.82, 2.24) is 23.7 Å². The van der Waals surface area contributed by atoms with Crippen LogP contribution in [0.15, 0.2) is 71.9 Å². The number of rotatable bonds is 9. The zero-order chi connectivity index (χ0) is 27.5. The van der Waals surface area contributed by atoms with E-state index in [0.717, 1.165) is 25.7 Å². The summed E-state index contributed by atoms with van der Waals surface area (Å²) in [6.45, 7) is -0.396. The van der Waals surface area contributed by atoms with E-state index in [1.54, 1.807) is 48.7 Å². The van der Waals surface area contributed by atoms with E-state index < -0.39 is 29.8 Å². The van der Waals surface area contributed by atoms with E-state index >= 15 is 0 Å². The predicted molar refractivity (Wildman–Crippen MR) is 146 cm³/mol. The van der Waals surface area contributed by atoms with E-state index in [9.17, 15) is 24.3 Å². The standard InChI is InChI=1S/C25H17ClN6O5S2/c26-21-6-3-15(38-21)12-28-22-10-17(30-32(22)24(35)20-7-9-29-39-20)18-5-4-16(14-2-1-8-27-11-14)23(34)31(18)13-19(33)25(36)37/h1-11,28H,12-13H2,(H,36,37). The van der Waals surface area contributed by atoms with Crippen LogP contribution in [-0.4, -0.2) is 46.5 Å². The lowest BCUT2D eigenvalue weighted by Crippen LogP contribution is -2.30. The Bertz CT molecular complexity index is 1740. The van der Waals surface area contributed by atoms with Crippen molar-refractivity contribution >= 4 is 57.9 Å². The van der Waals surface area contributed by atoms with Crippen LogP contribution in [0, 0.1) is 0 Å². The molecular formula is C25H17ClN6O5S2. The highest BCUT2D eigenvalue weighted by Crippen LogP contribution is 2.27. The Kier molecular flexibility index (Phi) is 7.45. The number of ketones is 1. The minimum atomic E-state index is -1.68. The second kappa shape index (κ2) is 11.1. The molecule has 0 unspecified atom stereocenters. The molecule has 39 heavy (non-hydrogen) atoms. The fraction of sp³-hybridized carbons (Fsp3) is 0.0800. The number of nitrogens with zero attached hydrogens (tertiary/aromatic N) is 5. The molecule has 0 bridgehead atoms. The van der Waals surface area contributed by atoms with Crippen molar-refractivity contribution in [2.45, 2.75) is 13.1 Å². The number of hydrogen-bond acceptors (Lipinski definition) is 10. The number of anilines is 1. The van der Waals surface area contributed by atoms with Crippen LogP contribution < -0.4 is 10.9 Å². The fourth-order valence-corrected chi connectivity index (χ4v) is 5.30. The van der Waals surface area contributed by atoms with Crippen LogP contribution in [0.5, 0.6) is 0 Å². The third-order valence-corrected chi connectivity index (χ3v) is 7.54. The fourth-order valence-electron chi connectivity index (χ4n) is 3.75. The maximum absolute atomic E-state index is 13.5. The van der Waals surface area contributed by atoms with Gasteiger partial charge in [-0.3, -0.25) is 23.9 Å². The molecule has 196 valence electrons. The summed E-state index contributed by atoms with van der Waals surface area (Å²) in [6.07, 6.45) is 4.53. The zero-order valence-electron chi connectivity index (χ0n) is 19.8. The molecule has 5 rings (SSSR count). The van der Waals surface area contributed by atoms with E-state index in [2.05, 4.69) is 19.8 Å². The molecule has 5 heterocycles. The molecule has 5 aromatic rings. The molecule has 5 aromatic heterocycles.